The van der Waals surface area contributed by atoms with Crippen molar-refractivity contribution in [1.82, 2.24) is 4.98 Å². The summed E-state index contributed by atoms with van der Waals surface area (Å²) in [4.78, 5) is 16.1. The molecule has 4 nitrogen and oxygen atoms in total. The van der Waals surface area contributed by atoms with Crippen molar-refractivity contribution < 1.29 is 18.0 Å². The van der Waals surface area contributed by atoms with Gasteiger partial charge in [-0.15, -0.1) is 11.3 Å². The van der Waals surface area contributed by atoms with Crippen LogP contribution >= 0.6 is 11.3 Å². The molecule has 0 saturated heterocycles. The van der Waals surface area contributed by atoms with E-state index in [9.17, 15) is 13.6 Å². The van der Waals surface area contributed by atoms with Gasteiger partial charge in [-0.05, 0) is 31.2 Å². The number of carbonyl (C=O) groups is 1. The molecular weight excluding hydrogens is 310 g/mol. The summed E-state index contributed by atoms with van der Waals surface area (Å²) in [5, 5.41) is 4.30. The standard InChI is InChI=1S/C15H10F2N2O2S/c1-8-5-6-12(21-8)11-7-22-15(18-11)19-14(20)13-9(16)3-2-4-10(13)17/h2-7H,1H3,(H,18,19,20). The van der Waals surface area contributed by atoms with E-state index in [0.29, 0.717) is 11.5 Å². The van der Waals surface area contributed by atoms with E-state index >= 15 is 0 Å². The third-order valence-corrected chi connectivity index (χ3v) is 3.67. The average molecular weight is 320 g/mol. The van der Waals surface area contributed by atoms with Crippen molar-refractivity contribution in [2.45, 2.75) is 6.92 Å². The summed E-state index contributed by atoms with van der Waals surface area (Å²) in [6.07, 6.45) is 0. The molecule has 1 N–H and O–H groups in total. The van der Waals surface area contributed by atoms with Crippen molar-refractivity contribution in [3.63, 3.8) is 0 Å². The maximum Gasteiger partial charge on any atom is 0.263 e. The SMILES string of the molecule is Cc1ccc(-c2csc(NC(=O)c3c(F)cccc3F)n2)o1. The van der Waals surface area contributed by atoms with Gasteiger partial charge in [-0.2, -0.15) is 0 Å². The number of anilines is 1. The van der Waals surface area contributed by atoms with E-state index in [0.717, 1.165) is 29.2 Å². The normalized spacial score (nSPS) is 10.7. The van der Waals surface area contributed by atoms with Crippen LogP contribution in [0.15, 0.2) is 40.1 Å². The fourth-order valence-corrected chi connectivity index (χ4v) is 2.59. The molecule has 0 aliphatic heterocycles. The number of thiazole rings is 1. The highest BCUT2D eigenvalue weighted by Crippen LogP contribution is 2.27. The summed E-state index contributed by atoms with van der Waals surface area (Å²) >= 11 is 1.14. The van der Waals surface area contributed by atoms with E-state index in [4.69, 9.17) is 4.42 Å². The van der Waals surface area contributed by atoms with Gasteiger partial charge < -0.3 is 4.42 Å². The number of aromatic nitrogens is 1. The minimum Gasteiger partial charge on any atom is -0.460 e. The van der Waals surface area contributed by atoms with Crippen molar-refractivity contribution >= 4 is 22.4 Å². The van der Waals surface area contributed by atoms with Gasteiger partial charge >= 0.3 is 0 Å². The van der Waals surface area contributed by atoms with Crippen LogP contribution in [0, 0.1) is 18.6 Å². The number of nitrogens with zero attached hydrogens (tertiary/aromatic N) is 1. The van der Waals surface area contributed by atoms with E-state index in [1.807, 2.05) is 0 Å². The second-order valence-corrected chi connectivity index (χ2v) is 5.36. The summed E-state index contributed by atoms with van der Waals surface area (Å²) in [6.45, 7) is 1.81. The summed E-state index contributed by atoms with van der Waals surface area (Å²) in [6, 6.07) is 6.80. The monoisotopic (exact) mass is 320 g/mol. The van der Waals surface area contributed by atoms with Crippen LogP contribution in [0.25, 0.3) is 11.5 Å². The Kier molecular flexibility index (Phi) is 3.72. The highest BCUT2D eigenvalue weighted by molar-refractivity contribution is 7.14. The second kappa shape index (κ2) is 5.69. The maximum atomic E-state index is 13.5. The number of furan rings is 1. The van der Waals surface area contributed by atoms with Crippen LogP contribution in [0.5, 0.6) is 0 Å². The predicted molar refractivity (Wildman–Crippen MR) is 78.9 cm³/mol. The number of rotatable bonds is 3. The molecule has 0 radical (unpaired) electrons. The molecule has 0 atom stereocenters. The first-order valence-corrected chi connectivity index (χ1v) is 7.20. The number of nitrogens with one attached hydrogen (secondary N) is 1. The first-order valence-electron chi connectivity index (χ1n) is 6.32. The minimum atomic E-state index is -0.920. The summed E-state index contributed by atoms with van der Waals surface area (Å²) < 4.78 is 32.5. The number of amides is 1. The lowest BCUT2D eigenvalue weighted by Gasteiger charge is -2.04. The third kappa shape index (κ3) is 2.75. The van der Waals surface area contributed by atoms with E-state index in [2.05, 4.69) is 10.3 Å². The highest BCUT2D eigenvalue weighted by Gasteiger charge is 2.18. The number of carbonyl (C=O) groups excluding carboxylic acids is 1. The molecule has 3 rings (SSSR count). The molecule has 22 heavy (non-hydrogen) atoms. The van der Waals surface area contributed by atoms with E-state index in [-0.39, 0.29) is 5.13 Å². The van der Waals surface area contributed by atoms with Gasteiger partial charge in [-0.25, -0.2) is 13.8 Å². The lowest BCUT2D eigenvalue weighted by Crippen LogP contribution is -2.15. The van der Waals surface area contributed by atoms with Crippen molar-refractivity contribution in [2.75, 3.05) is 5.32 Å². The lowest BCUT2D eigenvalue weighted by molar-refractivity contribution is 0.101. The number of halogens is 2. The fraction of sp³-hybridized carbons (Fsp3) is 0.0667. The van der Waals surface area contributed by atoms with Gasteiger partial charge in [0.05, 0.1) is 0 Å². The van der Waals surface area contributed by atoms with Crippen molar-refractivity contribution in [1.29, 1.82) is 0 Å². The zero-order chi connectivity index (χ0) is 15.7. The molecule has 0 aliphatic rings. The van der Waals surface area contributed by atoms with E-state index < -0.39 is 23.1 Å². The van der Waals surface area contributed by atoms with E-state index in [1.54, 1.807) is 24.4 Å². The first kappa shape index (κ1) is 14.4. The Hall–Kier alpha value is -2.54. The van der Waals surface area contributed by atoms with Gasteiger partial charge in [0.2, 0.25) is 0 Å². The summed E-state index contributed by atoms with van der Waals surface area (Å²) in [7, 11) is 0. The molecule has 0 unspecified atom stereocenters. The number of hydrogen-bond donors (Lipinski definition) is 1. The Morgan fingerprint density at radius 2 is 1.95 bits per heavy atom. The Labute approximate surface area is 128 Å². The number of aryl methyl sites for hydroxylation is 1. The zero-order valence-electron chi connectivity index (χ0n) is 11.4. The smallest absolute Gasteiger partial charge is 0.263 e. The molecule has 112 valence electrons. The van der Waals surface area contributed by atoms with Gasteiger partial charge in [-0.1, -0.05) is 6.07 Å². The Bertz CT molecular complexity index is 821. The topological polar surface area (TPSA) is 55.1 Å². The van der Waals surface area contributed by atoms with Crippen LogP contribution in [0.1, 0.15) is 16.1 Å². The predicted octanol–water partition coefficient (Wildman–Crippen LogP) is 4.24. The Morgan fingerprint density at radius 1 is 1.23 bits per heavy atom. The largest absolute Gasteiger partial charge is 0.460 e. The van der Waals surface area contributed by atoms with Crippen molar-refractivity contribution in [3.05, 3.63) is 58.7 Å². The highest BCUT2D eigenvalue weighted by atomic mass is 32.1. The molecule has 0 spiro atoms. The number of benzene rings is 1. The molecule has 3 aromatic rings. The summed E-state index contributed by atoms with van der Waals surface area (Å²) in [5.41, 5.74) is -0.0875. The quantitative estimate of drug-likeness (QED) is 0.785. The summed E-state index contributed by atoms with van der Waals surface area (Å²) in [5.74, 6) is -1.42. The Morgan fingerprint density at radius 3 is 2.59 bits per heavy atom. The molecule has 2 heterocycles. The maximum absolute atomic E-state index is 13.5. The molecule has 1 aromatic carbocycles. The van der Waals surface area contributed by atoms with Crippen LogP contribution in [0.2, 0.25) is 0 Å². The van der Waals surface area contributed by atoms with Crippen LogP contribution in [-0.4, -0.2) is 10.9 Å². The Balaban J connectivity index is 1.82. The molecule has 0 saturated carbocycles. The minimum absolute atomic E-state index is 0.233. The van der Waals surface area contributed by atoms with E-state index in [1.165, 1.54) is 6.07 Å². The lowest BCUT2D eigenvalue weighted by atomic mass is 10.2. The van der Waals surface area contributed by atoms with Crippen molar-refractivity contribution in [2.24, 2.45) is 0 Å². The van der Waals surface area contributed by atoms with Crippen LogP contribution in [0.4, 0.5) is 13.9 Å². The second-order valence-electron chi connectivity index (χ2n) is 4.50. The molecule has 0 aliphatic carbocycles. The van der Waals surface area contributed by atoms with Gasteiger partial charge in [0.25, 0.3) is 5.91 Å². The average Bonchev–Trinajstić information content (AvgIpc) is 3.07. The molecule has 2 aromatic heterocycles. The van der Waals surface area contributed by atoms with Crippen LogP contribution in [0.3, 0.4) is 0 Å². The fourth-order valence-electron chi connectivity index (χ4n) is 1.89. The van der Waals surface area contributed by atoms with Crippen molar-refractivity contribution in [3.8, 4) is 11.5 Å². The van der Waals surface area contributed by atoms with Gasteiger partial charge in [-0.3, -0.25) is 10.1 Å². The molecule has 0 bridgehead atoms. The van der Waals surface area contributed by atoms with Crippen LogP contribution < -0.4 is 5.32 Å². The molecule has 7 heteroatoms. The molecular formula is C15H10F2N2O2S. The third-order valence-electron chi connectivity index (χ3n) is 2.91. The number of hydrogen-bond acceptors (Lipinski definition) is 4. The van der Waals surface area contributed by atoms with Gasteiger partial charge in [0.15, 0.2) is 10.9 Å². The zero-order valence-corrected chi connectivity index (χ0v) is 12.2. The first-order chi connectivity index (χ1) is 10.5. The van der Waals surface area contributed by atoms with Crippen LogP contribution in [-0.2, 0) is 0 Å². The molecule has 0 fully saturated rings. The molecule has 1 amide bonds. The van der Waals surface area contributed by atoms with Gasteiger partial charge in [0, 0.05) is 5.38 Å². The van der Waals surface area contributed by atoms with Gasteiger partial charge in [0.1, 0.15) is 28.7 Å².